The lowest BCUT2D eigenvalue weighted by atomic mass is 9.97. The second-order valence-electron chi connectivity index (χ2n) is 8.43. The summed E-state index contributed by atoms with van der Waals surface area (Å²) in [6.45, 7) is 4.19. The molecule has 0 saturated carbocycles. The number of pyridine rings is 1. The van der Waals surface area contributed by atoms with Gasteiger partial charge in [0, 0.05) is 30.9 Å². The van der Waals surface area contributed by atoms with Crippen LogP contribution >= 0.6 is 0 Å². The minimum Gasteiger partial charge on any atom is -0.326 e. The predicted molar refractivity (Wildman–Crippen MR) is 118 cm³/mol. The first-order valence-corrected chi connectivity index (χ1v) is 11.0. The molecule has 2 amide bonds. The highest BCUT2D eigenvalue weighted by atomic mass is 16.2. The zero-order valence-corrected chi connectivity index (χ0v) is 17.6. The minimum atomic E-state index is -0.0687. The summed E-state index contributed by atoms with van der Waals surface area (Å²) in [5.41, 5.74) is 4.54. The van der Waals surface area contributed by atoms with Gasteiger partial charge in [-0.15, -0.1) is 0 Å². The van der Waals surface area contributed by atoms with Crippen LogP contribution in [0, 0.1) is 12.8 Å². The number of piperidine rings is 1. The summed E-state index contributed by atoms with van der Waals surface area (Å²) >= 11 is 0. The van der Waals surface area contributed by atoms with Gasteiger partial charge in [-0.25, -0.2) is 4.98 Å². The zero-order valence-electron chi connectivity index (χ0n) is 17.6. The number of aromatic nitrogens is 1. The van der Waals surface area contributed by atoms with E-state index in [1.54, 1.807) is 0 Å². The molecule has 1 aromatic heterocycles. The number of carbonyl (C=O) groups is 2. The number of likely N-dealkylation sites (tertiary alicyclic amines) is 1. The van der Waals surface area contributed by atoms with E-state index in [9.17, 15) is 9.59 Å². The van der Waals surface area contributed by atoms with Crippen molar-refractivity contribution in [2.24, 2.45) is 5.92 Å². The van der Waals surface area contributed by atoms with E-state index in [2.05, 4.69) is 32.7 Å². The Morgan fingerprint density at radius 2 is 1.97 bits per heavy atom. The molecule has 30 heavy (non-hydrogen) atoms. The van der Waals surface area contributed by atoms with Crippen LogP contribution in [-0.2, 0) is 22.4 Å². The monoisotopic (exact) mass is 406 g/mol. The fraction of sp³-hybridized carbons (Fsp3) is 0.458. The Morgan fingerprint density at radius 1 is 1.10 bits per heavy atom. The molecule has 0 bridgehead atoms. The molecule has 1 atom stereocenters. The highest BCUT2D eigenvalue weighted by Gasteiger charge is 2.26. The quantitative estimate of drug-likeness (QED) is 0.769. The van der Waals surface area contributed by atoms with Crippen molar-refractivity contribution < 1.29 is 9.59 Å². The van der Waals surface area contributed by atoms with Crippen LogP contribution < -0.4 is 10.6 Å². The molecule has 1 fully saturated rings. The molecule has 1 aliphatic heterocycles. The van der Waals surface area contributed by atoms with Crippen molar-refractivity contribution >= 4 is 23.3 Å². The Balaban J connectivity index is 1.24. The van der Waals surface area contributed by atoms with Crippen molar-refractivity contribution in [1.82, 2.24) is 9.88 Å². The first-order valence-electron chi connectivity index (χ1n) is 11.0. The number of nitrogens with one attached hydrogen (secondary N) is 2. The van der Waals surface area contributed by atoms with Crippen LogP contribution in [0.5, 0.6) is 0 Å². The second kappa shape index (κ2) is 9.39. The van der Waals surface area contributed by atoms with Crippen LogP contribution in [0.1, 0.15) is 42.5 Å². The molecule has 6 heteroatoms. The van der Waals surface area contributed by atoms with E-state index < -0.39 is 0 Å². The Bertz CT molecular complexity index is 927. The maximum absolute atomic E-state index is 12.6. The number of hydrogen-bond donors (Lipinski definition) is 2. The van der Waals surface area contributed by atoms with Gasteiger partial charge in [0.2, 0.25) is 11.8 Å². The van der Waals surface area contributed by atoms with E-state index in [1.165, 1.54) is 17.5 Å². The van der Waals surface area contributed by atoms with Crippen molar-refractivity contribution in [1.29, 1.82) is 0 Å². The zero-order chi connectivity index (χ0) is 20.9. The van der Waals surface area contributed by atoms with Crippen LogP contribution in [0.4, 0.5) is 11.5 Å². The van der Waals surface area contributed by atoms with Gasteiger partial charge in [-0.2, -0.15) is 0 Å². The average molecular weight is 407 g/mol. The average Bonchev–Trinajstić information content (AvgIpc) is 3.20. The first-order chi connectivity index (χ1) is 14.6. The van der Waals surface area contributed by atoms with Gasteiger partial charge in [0.25, 0.3) is 0 Å². The molecule has 2 aromatic rings. The fourth-order valence-corrected chi connectivity index (χ4v) is 4.45. The summed E-state index contributed by atoms with van der Waals surface area (Å²) in [6, 6.07) is 11.9. The van der Waals surface area contributed by atoms with Crippen LogP contribution in [0.15, 0.2) is 36.4 Å². The van der Waals surface area contributed by atoms with Crippen molar-refractivity contribution in [2.45, 2.75) is 45.4 Å². The number of hydrogen-bond acceptors (Lipinski definition) is 4. The maximum Gasteiger partial charge on any atom is 0.229 e. The van der Waals surface area contributed by atoms with Crippen molar-refractivity contribution in [3.05, 3.63) is 53.2 Å². The SMILES string of the molecule is Cc1cccc(NC(=O)[C@@H]2CCCN(CCC(=O)Nc3ccc4c(c3)CCC4)C2)n1. The number of benzene rings is 1. The van der Waals surface area contributed by atoms with Crippen molar-refractivity contribution in [3.63, 3.8) is 0 Å². The summed E-state index contributed by atoms with van der Waals surface area (Å²) in [5.74, 6) is 0.579. The molecule has 2 aliphatic rings. The summed E-state index contributed by atoms with van der Waals surface area (Å²) in [7, 11) is 0. The van der Waals surface area contributed by atoms with Gasteiger partial charge >= 0.3 is 0 Å². The maximum atomic E-state index is 12.6. The summed E-state index contributed by atoms with van der Waals surface area (Å²) < 4.78 is 0. The number of rotatable bonds is 6. The van der Waals surface area contributed by atoms with Crippen LogP contribution in [0.2, 0.25) is 0 Å². The number of carbonyl (C=O) groups excluding carboxylic acids is 2. The van der Waals surface area contributed by atoms with Gasteiger partial charge in [0.1, 0.15) is 5.82 Å². The normalized spacial score (nSPS) is 18.6. The van der Waals surface area contributed by atoms with Crippen LogP contribution in [0.25, 0.3) is 0 Å². The summed E-state index contributed by atoms with van der Waals surface area (Å²) in [5, 5.41) is 5.96. The molecule has 4 rings (SSSR count). The number of fused-ring (bicyclic) bond motifs is 1. The predicted octanol–water partition coefficient (Wildman–Crippen LogP) is 3.56. The Morgan fingerprint density at radius 3 is 2.83 bits per heavy atom. The van der Waals surface area contributed by atoms with Gasteiger partial charge in [-0.05, 0) is 81.0 Å². The molecule has 158 valence electrons. The number of anilines is 2. The number of nitrogens with zero attached hydrogens (tertiary/aromatic N) is 2. The lowest BCUT2D eigenvalue weighted by Gasteiger charge is -2.31. The molecular weight excluding hydrogens is 376 g/mol. The Labute approximate surface area is 178 Å². The van der Waals surface area contributed by atoms with E-state index in [0.29, 0.717) is 25.3 Å². The van der Waals surface area contributed by atoms with Gasteiger partial charge in [-0.3, -0.25) is 9.59 Å². The molecule has 2 N–H and O–H groups in total. The highest BCUT2D eigenvalue weighted by molar-refractivity contribution is 5.92. The summed E-state index contributed by atoms with van der Waals surface area (Å²) in [6.07, 6.45) is 5.73. The molecule has 1 aliphatic carbocycles. The van der Waals surface area contributed by atoms with E-state index in [-0.39, 0.29) is 17.7 Å². The third-order valence-electron chi connectivity index (χ3n) is 6.05. The van der Waals surface area contributed by atoms with Gasteiger partial charge in [0.15, 0.2) is 0 Å². The Kier molecular flexibility index (Phi) is 6.43. The molecule has 1 aromatic carbocycles. The molecular formula is C24H30N4O2. The van der Waals surface area contributed by atoms with E-state index in [4.69, 9.17) is 0 Å². The van der Waals surface area contributed by atoms with Crippen molar-refractivity contribution in [2.75, 3.05) is 30.3 Å². The minimum absolute atomic E-state index is 0.0143. The number of aryl methyl sites for hydroxylation is 3. The molecule has 0 radical (unpaired) electrons. The molecule has 0 unspecified atom stereocenters. The van der Waals surface area contributed by atoms with E-state index >= 15 is 0 Å². The lowest BCUT2D eigenvalue weighted by Crippen LogP contribution is -2.41. The van der Waals surface area contributed by atoms with Gasteiger partial charge in [0.05, 0.1) is 5.92 Å². The van der Waals surface area contributed by atoms with Gasteiger partial charge < -0.3 is 15.5 Å². The first kappa shape index (κ1) is 20.5. The largest absolute Gasteiger partial charge is 0.326 e. The van der Waals surface area contributed by atoms with Crippen molar-refractivity contribution in [3.8, 4) is 0 Å². The topological polar surface area (TPSA) is 74.3 Å². The molecule has 6 nitrogen and oxygen atoms in total. The van der Waals surface area contributed by atoms with Crippen LogP contribution in [0.3, 0.4) is 0 Å². The smallest absolute Gasteiger partial charge is 0.229 e. The van der Waals surface area contributed by atoms with E-state index in [1.807, 2.05) is 31.2 Å². The summed E-state index contributed by atoms with van der Waals surface area (Å²) in [4.78, 5) is 31.6. The van der Waals surface area contributed by atoms with Gasteiger partial charge in [-0.1, -0.05) is 12.1 Å². The second-order valence-corrected chi connectivity index (χ2v) is 8.43. The Hall–Kier alpha value is -2.73. The lowest BCUT2D eigenvalue weighted by molar-refractivity contribution is -0.121. The number of amides is 2. The molecule has 2 heterocycles. The fourth-order valence-electron chi connectivity index (χ4n) is 4.45. The van der Waals surface area contributed by atoms with Crippen LogP contribution in [-0.4, -0.2) is 41.3 Å². The molecule has 0 spiro atoms. The highest BCUT2D eigenvalue weighted by Crippen LogP contribution is 2.25. The standard InChI is InChI=1S/C24H30N4O2/c1-17-5-2-9-22(25-17)27-24(30)20-8-4-13-28(16-20)14-12-23(29)26-21-11-10-18-6-3-7-19(18)15-21/h2,5,9-11,15,20H,3-4,6-8,12-14,16H2,1H3,(H,26,29)(H,25,27,30)/t20-/m1/s1. The molecule has 1 saturated heterocycles. The third-order valence-corrected chi connectivity index (χ3v) is 6.05. The van der Waals surface area contributed by atoms with E-state index in [0.717, 1.165) is 43.6 Å². The third kappa shape index (κ3) is 5.25.